The van der Waals surface area contributed by atoms with E-state index in [1.807, 2.05) is 0 Å². The molecule has 0 radical (unpaired) electrons. The van der Waals surface area contributed by atoms with E-state index in [1.165, 1.54) is 18.2 Å². The average Bonchev–Trinajstić information content (AvgIpc) is 2.73. The number of ether oxygens (including phenoxy) is 1. The van der Waals surface area contributed by atoms with E-state index in [9.17, 15) is 10.1 Å². The van der Waals surface area contributed by atoms with Crippen molar-refractivity contribution in [2.45, 2.75) is 31.8 Å². The van der Waals surface area contributed by atoms with Crippen molar-refractivity contribution in [3.05, 3.63) is 33.3 Å². The zero-order valence-electron chi connectivity index (χ0n) is 8.69. The van der Waals surface area contributed by atoms with Gasteiger partial charge in [-0.2, -0.15) is 0 Å². The van der Waals surface area contributed by atoms with Crippen LogP contribution in [0.2, 0.25) is 5.02 Å². The molecule has 16 heavy (non-hydrogen) atoms. The molecule has 1 aliphatic rings. The van der Waals surface area contributed by atoms with Gasteiger partial charge >= 0.3 is 0 Å². The molecule has 1 aliphatic carbocycles. The molecule has 1 aromatic rings. The Bertz CT molecular complexity index is 402. The van der Waals surface area contributed by atoms with E-state index in [2.05, 4.69) is 0 Å². The molecule has 4 nitrogen and oxygen atoms in total. The highest BCUT2D eigenvalue weighted by Gasteiger charge is 2.19. The molecule has 0 amide bonds. The molecule has 0 unspecified atom stereocenters. The first-order valence-corrected chi connectivity index (χ1v) is 5.65. The Balaban J connectivity index is 2.17. The lowest BCUT2D eigenvalue weighted by Gasteiger charge is -2.13. The van der Waals surface area contributed by atoms with Crippen molar-refractivity contribution in [3.63, 3.8) is 0 Å². The summed E-state index contributed by atoms with van der Waals surface area (Å²) >= 11 is 5.93. The summed E-state index contributed by atoms with van der Waals surface area (Å²) in [6, 6.07) is 4.27. The van der Waals surface area contributed by atoms with Crippen LogP contribution in [-0.4, -0.2) is 11.0 Å². The van der Waals surface area contributed by atoms with Crippen LogP contribution in [0.4, 0.5) is 5.69 Å². The van der Waals surface area contributed by atoms with Gasteiger partial charge in [0.05, 0.1) is 22.1 Å². The molecule has 5 heteroatoms. The molecular formula is C11H12ClNO3. The molecule has 0 heterocycles. The van der Waals surface area contributed by atoms with Crippen molar-refractivity contribution in [2.75, 3.05) is 0 Å². The van der Waals surface area contributed by atoms with Crippen molar-refractivity contribution >= 4 is 17.3 Å². The van der Waals surface area contributed by atoms with Gasteiger partial charge in [0.1, 0.15) is 5.75 Å². The first kappa shape index (κ1) is 11.2. The first-order valence-electron chi connectivity index (χ1n) is 5.27. The second-order valence-electron chi connectivity index (χ2n) is 3.90. The number of nitro benzene ring substituents is 1. The zero-order valence-corrected chi connectivity index (χ0v) is 9.44. The lowest BCUT2D eigenvalue weighted by molar-refractivity contribution is -0.384. The number of nitrogens with zero attached hydrogens (tertiary/aromatic N) is 1. The van der Waals surface area contributed by atoms with Gasteiger partial charge in [-0.15, -0.1) is 0 Å². The number of nitro groups is 1. The Hall–Kier alpha value is -1.29. The number of hydrogen-bond donors (Lipinski definition) is 0. The number of rotatable bonds is 3. The van der Waals surface area contributed by atoms with Crippen LogP contribution in [0, 0.1) is 10.1 Å². The summed E-state index contributed by atoms with van der Waals surface area (Å²) in [6.45, 7) is 0. The van der Waals surface area contributed by atoms with Gasteiger partial charge < -0.3 is 4.74 Å². The molecule has 1 fully saturated rings. The van der Waals surface area contributed by atoms with Gasteiger partial charge in [0.2, 0.25) is 0 Å². The molecule has 0 aromatic heterocycles. The topological polar surface area (TPSA) is 52.4 Å². The third-order valence-electron chi connectivity index (χ3n) is 2.72. The summed E-state index contributed by atoms with van der Waals surface area (Å²) in [6.07, 6.45) is 4.45. The SMILES string of the molecule is O=[N+]([O-])c1ccc(Cl)c(OC2CCCC2)c1. The molecule has 1 saturated carbocycles. The number of hydrogen-bond acceptors (Lipinski definition) is 3. The van der Waals surface area contributed by atoms with Crippen molar-refractivity contribution in [1.82, 2.24) is 0 Å². The molecule has 0 atom stereocenters. The maximum atomic E-state index is 10.6. The first-order chi connectivity index (χ1) is 7.66. The molecule has 0 bridgehead atoms. The summed E-state index contributed by atoms with van der Waals surface area (Å²) in [5.41, 5.74) is 0.0115. The van der Waals surface area contributed by atoms with Crippen LogP contribution in [0.25, 0.3) is 0 Å². The van der Waals surface area contributed by atoms with E-state index < -0.39 is 4.92 Å². The standard InChI is InChI=1S/C11H12ClNO3/c12-10-6-5-8(13(14)15)7-11(10)16-9-3-1-2-4-9/h5-7,9H,1-4H2. The lowest BCUT2D eigenvalue weighted by atomic mass is 10.3. The average molecular weight is 242 g/mol. The summed E-state index contributed by atoms with van der Waals surface area (Å²) in [5, 5.41) is 11.0. The summed E-state index contributed by atoms with van der Waals surface area (Å²) in [5.74, 6) is 0.419. The van der Waals surface area contributed by atoms with Crippen LogP contribution in [-0.2, 0) is 0 Å². The third kappa shape index (κ3) is 2.44. The Labute approximate surface area is 98.3 Å². The van der Waals surface area contributed by atoms with E-state index in [0.29, 0.717) is 10.8 Å². The van der Waals surface area contributed by atoms with Crippen LogP contribution < -0.4 is 4.74 Å². The normalized spacial score (nSPS) is 16.3. The smallest absolute Gasteiger partial charge is 0.273 e. The van der Waals surface area contributed by atoms with Crippen LogP contribution in [0.3, 0.4) is 0 Å². The molecule has 1 aromatic carbocycles. The van der Waals surface area contributed by atoms with E-state index in [0.717, 1.165) is 25.7 Å². The quantitative estimate of drug-likeness (QED) is 0.600. The second-order valence-corrected chi connectivity index (χ2v) is 4.30. The van der Waals surface area contributed by atoms with Crippen molar-refractivity contribution in [2.24, 2.45) is 0 Å². The predicted octanol–water partition coefficient (Wildman–Crippen LogP) is 3.57. The Morgan fingerprint density at radius 2 is 2.06 bits per heavy atom. The van der Waals surface area contributed by atoms with Crippen molar-refractivity contribution in [3.8, 4) is 5.75 Å². The van der Waals surface area contributed by atoms with Crippen LogP contribution >= 0.6 is 11.6 Å². The Morgan fingerprint density at radius 3 is 2.69 bits per heavy atom. The molecule has 0 saturated heterocycles. The Kier molecular flexibility index (Phi) is 3.29. The van der Waals surface area contributed by atoms with Crippen LogP contribution in [0.5, 0.6) is 5.75 Å². The predicted molar refractivity (Wildman–Crippen MR) is 61.0 cm³/mol. The largest absolute Gasteiger partial charge is 0.489 e. The van der Waals surface area contributed by atoms with Crippen molar-refractivity contribution in [1.29, 1.82) is 0 Å². The van der Waals surface area contributed by atoms with Gasteiger partial charge in [-0.3, -0.25) is 10.1 Å². The van der Waals surface area contributed by atoms with E-state index >= 15 is 0 Å². The van der Waals surface area contributed by atoms with Gasteiger partial charge in [-0.25, -0.2) is 0 Å². The fourth-order valence-electron chi connectivity index (χ4n) is 1.88. The van der Waals surface area contributed by atoms with Gasteiger partial charge in [0.15, 0.2) is 0 Å². The zero-order chi connectivity index (χ0) is 11.5. The second kappa shape index (κ2) is 4.70. The fraction of sp³-hybridized carbons (Fsp3) is 0.455. The maximum Gasteiger partial charge on any atom is 0.273 e. The maximum absolute atomic E-state index is 10.6. The van der Waals surface area contributed by atoms with Gasteiger partial charge in [-0.1, -0.05) is 11.6 Å². The summed E-state index contributed by atoms with van der Waals surface area (Å²) in [7, 11) is 0. The molecule has 0 N–H and O–H groups in total. The van der Waals surface area contributed by atoms with E-state index in [4.69, 9.17) is 16.3 Å². The lowest BCUT2D eigenvalue weighted by Crippen LogP contribution is -2.11. The molecule has 0 spiro atoms. The molecular weight excluding hydrogens is 230 g/mol. The minimum Gasteiger partial charge on any atom is -0.489 e. The molecule has 0 aliphatic heterocycles. The highest BCUT2D eigenvalue weighted by Crippen LogP contribution is 2.32. The van der Waals surface area contributed by atoms with Crippen molar-refractivity contribution < 1.29 is 9.66 Å². The highest BCUT2D eigenvalue weighted by atomic mass is 35.5. The summed E-state index contributed by atoms with van der Waals surface area (Å²) in [4.78, 5) is 10.2. The summed E-state index contributed by atoms with van der Waals surface area (Å²) < 4.78 is 5.66. The molecule has 2 rings (SSSR count). The van der Waals surface area contributed by atoms with Gasteiger partial charge in [0.25, 0.3) is 5.69 Å². The van der Waals surface area contributed by atoms with Gasteiger partial charge in [-0.05, 0) is 31.7 Å². The van der Waals surface area contributed by atoms with Crippen LogP contribution in [0.1, 0.15) is 25.7 Å². The minimum atomic E-state index is -0.447. The monoisotopic (exact) mass is 241 g/mol. The Morgan fingerprint density at radius 1 is 1.38 bits per heavy atom. The van der Waals surface area contributed by atoms with E-state index in [1.54, 1.807) is 0 Å². The number of non-ortho nitro benzene ring substituents is 1. The van der Waals surface area contributed by atoms with E-state index in [-0.39, 0.29) is 11.8 Å². The van der Waals surface area contributed by atoms with Crippen LogP contribution in [0.15, 0.2) is 18.2 Å². The van der Waals surface area contributed by atoms with Gasteiger partial charge in [0, 0.05) is 6.07 Å². The molecule has 86 valence electrons. The minimum absolute atomic E-state index is 0.0115. The highest BCUT2D eigenvalue weighted by molar-refractivity contribution is 6.32. The fourth-order valence-corrected chi connectivity index (χ4v) is 2.04. The third-order valence-corrected chi connectivity index (χ3v) is 3.03. The number of benzene rings is 1. The number of halogens is 1.